The zero-order chi connectivity index (χ0) is 27.6. The number of rotatable bonds is 10. The van der Waals surface area contributed by atoms with Crippen molar-refractivity contribution < 1.29 is 13.9 Å². The van der Waals surface area contributed by atoms with E-state index in [-0.39, 0.29) is 29.9 Å². The van der Waals surface area contributed by atoms with Crippen LogP contribution in [-0.2, 0) is 11.3 Å². The molecule has 1 atom stereocenters. The third kappa shape index (κ3) is 7.66. The summed E-state index contributed by atoms with van der Waals surface area (Å²) in [7, 11) is 1.83. The normalized spacial score (nSPS) is 15.1. The fourth-order valence-electron chi connectivity index (χ4n) is 4.77. The number of carbonyl (C=O) groups excluding carboxylic acids is 1. The molecular formula is C30H36N6O3. The van der Waals surface area contributed by atoms with Gasteiger partial charge < -0.3 is 19.4 Å². The number of benzene rings is 2. The molecule has 4 N–H and O–H groups in total. The van der Waals surface area contributed by atoms with Crippen molar-refractivity contribution in [3.05, 3.63) is 102 Å². The van der Waals surface area contributed by atoms with Crippen LogP contribution in [0.4, 0.5) is 5.69 Å². The average Bonchev–Trinajstić information content (AvgIpc) is 3.49. The molecule has 3 aromatic rings. The summed E-state index contributed by atoms with van der Waals surface area (Å²) in [6.45, 7) is 4.19. The summed E-state index contributed by atoms with van der Waals surface area (Å²) in [5, 5.41) is 22.0. The minimum atomic E-state index is -0.369. The Kier molecular flexibility index (Phi) is 9.66. The predicted octanol–water partition coefficient (Wildman–Crippen LogP) is 4.90. The Balaban J connectivity index is 1.45. The molecule has 9 nitrogen and oxygen atoms in total. The van der Waals surface area contributed by atoms with E-state index in [9.17, 15) is 4.79 Å². The third-order valence-corrected chi connectivity index (χ3v) is 6.67. The summed E-state index contributed by atoms with van der Waals surface area (Å²) in [6, 6.07) is 21.1. The summed E-state index contributed by atoms with van der Waals surface area (Å²) in [5.74, 6) is 0.0375. The van der Waals surface area contributed by atoms with E-state index in [1.165, 1.54) is 18.8 Å². The average molecular weight is 529 g/mol. The van der Waals surface area contributed by atoms with Gasteiger partial charge in [0.2, 0.25) is 5.90 Å². The Morgan fingerprint density at radius 2 is 1.90 bits per heavy atom. The number of carbonyl (C=O) groups is 1. The van der Waals surface area contributed by atoms with Crippen LogP contribution in [0.2, 0.25) is 0 Å². The molecule has 2 aromatic carbocycles. The van der Waals surface area contributed by atoms with Crippen LogP contribution in [0.15, 0.2) is 89.7 Å². The second kappa shape index (κ2) is 13.5. The van der Waals surface area contributed by atoms with Crippen molar-refractivity contribution in [1.82, 2.24) is 15.1 Å². The first-order chi connectivity index (χ1) is 18.9. The highest BCUT2D eigenvalue weighted by Crippen LogP contribution is 2.23. The molecule has 1 fully saturated rings. The Morgan fingerprint density at radius 3 is 2.56 bits per heavy atom. The summed E-state index contributed by atoms with van der Waals surface area (Å²) in [4.78, 5) is 17.9. The molecule has 0 radical (unpaired) electrons. The molecule has 4 rings (SSSR count). The molecule has 1 aromatic heterocycles. The quantitative estimate of drug-likeness (QED) is 0.169. The van der Waals surface area contributed by atoms with Crippen LogP contribution in [0.3, 0.4) is 0 Å². The first kappa shape index (κ1) is 27.8. The fraction of sp³-hybridized carbons (Fsp3) is 0.300. The molecule has 0 aliphatic carbocycles. The van der Waals surface area contributed by atoms with Crippen LogP contribution in [-0.4, -0.2) is 59.8 Å². The molecule has 1 aliphatic heterocycles. The minimum Gasteiger partial charge on any atom is -0.459 e. The lowest BCUT2D eigenvalue weighted by atomic mass is 10.0. The molecule has 2 heterocycles. The van der Waals surface area contributed by atoms with Gasteiger partial charge in [0.1, 0.15) is 6.17 Å². The minimum absolute atomic E-state index is 0.0395. The molecule has 0 spiro atoms. The second-order valence-electron chi connectivity index (χ2n) is 9.49. The maximum absolute atomic E-state index is 13.6. The number of amides is 1. The smallest absolute Gasteiger partial charge is 0.291 e. The zero-order valence-electron chi connectivity index (χ0n) is 22.4. The van der Waals surface area contributed by atoms with Gasteiger partial charge in [0.05, 0.1) is 6.26 Å². The highest BCUT2D eigenvalue weighted by molar-refractivity contribution is 5.99. The largest absolute Gasteiger partial charge is 0.459 e. The number of nitrogens with one attached hydrogen (secondary N) is 4. The maximum Gasteiger partial charge on any atom is 0.291 e. The van der Waals surface area contributed by atoms with Gasteiger partial charge in [-0.05, 0) is 61.9 Å². The highest BCUT2D eigenvalue weighted by Gasteiger charge is 2.33. The van der Waals surface area contributed by atoms with E-state index < -0.39 is 0 Å². The van der Waals surface area contributed by atoms with E-state index in [1.54, 1.807) is 30.5 Å². The zero-order valence-corrected chi connectivity index (χ0v) is 22.4. The van der Waals surface area contributed by atoms with Crippen molar-refractivity contribution >= 4 is 23.4 Å². The number of furan rings is 1. The molecule has 9 heteroatoms. The van der Waals surface area contributed by atoms with E-state index in [4.69, 9.17) is 20.0 Å². The topological polar surface area (TPSA) is 118 Å². The van der Waals surface area contributed by atoms with E-state index >= 15 is 0 Å². The predicted molar refractivity (Wildman–Crippen MR) is 153 cm³/mol. The Labute approximate surface area is 229 Å². The number of likely N-dealkylation sites (N-methyl/N-ethyl adjacent to an activating group) is 1. The summed E-state index contributed by atoms with van der Waals surface area (Å²) in [5.41, 5.74) is 2.61. The van der Waals surface area contributed by atoms with Crippen molar-refractivity contribution in [3.63, 3.8) is 0 Å². The molecule has 0 bridgehead atoms. The van der Waals surface area contributed by atoms with Gasteiger partial charge in [-0.2, -0.15) is 0 Å². The monoisotopic (exact) mass is 528 g/mol. The summed E-state index contributed by atoms with van der Waals surface area (Å²) >= 11 is 0. The number of anilines is 1. The number of hydrogen-bond donors (Lipinski definition) is 4. The van der Waals surface area contributed by atoms with Gasteiger partial charge in [0.25, 0.3) is 5.91 Å². The molecular weight excluding hydrogens is 492 g/mol. The lowest BCUT2D eigenvalue weighted by Crippen LogP contribution is -2.55. The van der Waals surface area contributed by atoms with E-state index in [0.29, 0.717) is 11.3 Å². The molecule has 1 saturated heterocycles. The standard InChI is InChI=1S/C30H36N6O3/c1-22(31)39-29(32)24-10-6-11-25(20-24)34-16-13-28(33-2)36(30(37)27-12-7-19-38-27)26-14-17-35(18-15-26)21-23-8-4-3-5-9-23/h3-13,16,19-20,26,28,31-34H,14-15,17-18,21H2,1-2H3/b16-13-,31-22?,32-29?. The molecule has 39 heavy (non-hydrogen) atoms. The van der Waals surface area contributed by atoms with Gasteiger partial charge in [-0.3, -0.25) is 25.8 Å². The highest BCUT2D eigenvalue weighted by atomic mass is 16.5. The van der Waals surface area contributed by atoms with Crippen LogP contribution < -0.4 is 10.6 Å². The molecule has 1 unspecified atom stereocenters. The number of hydrogen-bond acceptors (Lipinski definition) is 8. The van der Waals surface area contributed by atoms with Crippen molar-refractivity contribution in [2.24, 2.45) is 0 Å². The summed E-state index contributed by atoms with van der Waals surface area (Å²) < 4.78 is 10.6. The van der Waals surface area contributed by atoms with Crippen molar-refractivity contribution in [1.29, 1.82) is 10.8 Å². The number of piperidine rings is 1. The van der Waals surface area contributed by atoms with Crippen LogP contribution in [0, 0.1) is 10.8 Å². The van der Waals surface area contributed by atoms with Gasteiger partial charge in [0.15, 0.2) is 11.7 Å². The third-order valence-electron chi connectivity index (χ3n) is 6.67. The van der Waals surface area contributed by atoms with Crippen molar-refractivity contribution in [3.8, 4) is 0 Å². The van der Waals surface area contributed by atoms with Crippen LogP contribution >= 0.6 is 0 Å². The number of nitrogens with zero attached hydrogens (tertiary/aromatic N) is 2. The lowest BCUT2D eigenvalue weighted by Gasteiger charge is -2.41. The van der Waals surface area contributed by atoms with Crippen molar-refractivity contribution in [2.75, 3.05) is 25.5 Å². The Hall–Kier alpha value is -4.21. The molecule has 0 saturated carbocycles. The molecule has 204 valence electrons. The van der Waals surface area contributed by atoms with Crippen LogP contribution in [0.5, 0.6) is 0 Å². The summed E-state index contributed by atoms with van der Waals surface area (Å²) in [6.07, 6.45) is 6.57. The van der Waals surface area contributed by atoms with Gasteiger partial charge in [0, 0.05) is 50.1 Å². The fourth-order valence-corrected chi connectivity index (χ4v) is 4.77. The number of ether oxygens (including phenoxy) is 1. The lowest BCUT2D eigenvalue weighted by molar-refractivity contribution is 0.0427. The van der Waals surface area contributed by atoms with E-state index in [1.807, 2.05) is 36.2 Å². The van der Waals surface area contributed by atoms with E-state index in [2.05, 4.69) is 39.8 Å². The van der Waals surface area contributed by atoms with Crippen LogP contribution in [0.25, 0.3) is 0 Å². The van der Waals surface area contributed by atoms with Gasteiger partial charge >= 0.3 is 0 Å². The maximum atomic E-state index is 13.6. The van der Waals surface area contributed by atoms with Crippen molar-refractivity contribution in [2.45, 2.75) is 38.5 Å². The first-order valence-electron chi connectivity index (χ1n) is 13.1. The van der Waals surface area contributed by atoms with E-state index in [0.717, 1.165) is 38.2 Å². The Bertz CT molecular complexity index is 1270. The molecule has 1 amide bonds. The van der Waals surface area contributed by atoms with Gasteiger partial charge in [-0.15, -0.1) is 0 Å². The van der Waals surface area contributed by atoms with Gasteiger partial charge in [-0.25, -0.2) is 0 Å². The van der Waals surface area contributed by atoms with Crippen LogP contribution in [0.1, 0.15) is 41.4 Å². The Morgan fingerprint density at radius 1 is 1.13 bits per heavy atom. The number of likely N-dealkylation sites (tertiary alicyclic amines) is 1. The first-order valence-corrected chi connectivity index (χ1v) is 13.1. The second-order valence-corrected chi connectivity index (χ2v) is 9.49. The van der Waals surface area contributed by atoms with Gasteiger partial charge in [-0.1, -0.05) is 36.4 Å². The SMILES string of the molecule is CNC(/C=C\Nc1cccc(C(=N)OC(C)=N)c1)N(C(=O)c1ccco1)C1CCN(Cc2ccccc2)CC1. The molecule has 1 aliphatic rings.